The highest BCUT2D eigenvalue weighted by atomic mass is 32.1. The summed E-state index contributed by atoms with van der Waals surface area (Å²) in [6.07, 6.45) is 3.44. The van der Waals surface area contributed by atoms with E-state index in [1.54, 1.807) is 32.2 Å². The second-order valence-corrected chi connectivity index (χ2v) is 13.1. The first-order valence-electron chi connectivity index (χ1n) is 15.0. The monoisotopic (exact) mass is 624 g/mol. The van der Waals surface area contributed by atoms with Gasteiger partial charge in [-0.2, -0.15) is 0 Å². The Kier molecular flexibility index (Phi) is 8.18. The number of carbonyl (C=O) groups is 3. The molecule has 2 N–H and O–H groups in total. The second-order valence-electron chi connectivity index (χ2n) is 12.2. The van der Waals surface area contributed by atoms with Crippen LogP contribution in [0.2, 0.25) is 0 Å². The molecular formula is C31H37FN6O5S. The molecule has 13 heteroatoms. The molecule has 3 fully saturated rings. The lowest BCUT2D eigenvalue weighted by atomic mass is 9.91. The van der Waals surface area contributed by atoms with E-state index in [1.807, 2.05) is 15.2 Å². The molecule has 4 aliphatic rings. The summed E-state index contributed by atoms with van der Waals surface area (Å²) < 4.78 is 20.3. The third-order valence-electron chi connectivity index (χ3n) is 9.28. The van der Waals surface area contributed by atoms with Crippen molar-refractivity contribution in [3.8, 4) is 0 Å². The maximum atomic E-state index is 14.8. The fraction of sp³-hybridized carbons (Fsp3) is 0.516. The van der Waals surface area contributed by atoms with Gasteiger partial charge in [-0.1, -0.05) is 12.1 Å². The van der Waals surface area contributed by atoms with E-state index in [2.05, 4.69) is 22.1 Å². The van der Waals surface area contributed by atoms with Gasteiger partial charge in [0, 0.05) is 56.0 Å². The van der Waals surface area contributed by atoms with E-state index in [0.717, 1.165) is 0 Å². The van der Waals surface area contributed by atoms with Gasteiger partial charge in [0.25, 0.3) is 0 Å². The maximum Gasteiger partial charge on any atom is 0.338 e. The predicted molar refractivity (Wildman–Crippen MR) is 162 cm³/mol. The zero-order chi connectivity index (χ0) is 31.2. The molecular weight excluding hydrogens is 587 g/mol. The third kappa shape index (κ3) is 5.47. The maximum absolute atomic E-state index is 14.8. The van der Waals surface area contributed by atoms with Crippen LogP contribution in [0.15, 0.2) is 46.0 Å². The van der Waals surface area contributed by atoms with Crippen molar-refractivity contribution < 1.29 is 28.6 Å². The fourth-order valence-corrected chi connectivity index (χ4v) is 7.67. The average molecular weight is 625 g/mol. The van der Waals surface area contributed by atoms with Gasteiger partial charge in [0.15, 0.2) is 10.8 Å². The zero-order valence-corrected chi connectivity index (χ0v) is 25.9. The molecule has 4 heterocycles. The van der Waals surface area contributed by atoms with E-state index in [0.29, 0.717) is 85.2 Å². The van der Waals surface area contributed by atoms with Crippen LogP contribution in [0.5, 0.6) is 0 Å². The Morgan fingerprint density at radius 3 is 2.77 bits per heavy atom. The molecule has 2 aromatic rings. The number of hydrogen-bond donors (Lipinski definition) is 2. The van der Waals surface area contributed by atoms with E-state index < -0.39 is 29.4 Å². The number of nitrogens with zero attached hydrogens (tertiary/aromatic N) is 5. The predicted octanol–water partition coefficient (Wildman–Crippen LogP) is 3.56. The van der Waals surface area contributed by atoms with Crippen molar-refractivity contribution in [1.82, 2.24) is 25.0 Å². The number of hydrogen-bond acceptors (Lipinski definition) is 9. The van der Waals surface area contributed by atoms with Gasteiger partial charge in [0.1, 0.15) is 11.9 Å². The highest BCUT2D eigenvalue weighted by Crippen LogP contribution is 2.39. The Balaban J connectivity index is 1.31. The molecule has 0 bridgehead atoms. The van der Waals surface area contributed by atoms with Crippen LogP contribution >= 0.6 is 11.3 Å². The Labute approximate surface area is 259 Å². The van der Waals surface area contributed by atoms with Gasteiger partial charge in [0.05, 0.1) is 23.6 Å². The van der Waals surface area contributed by atoms with Gasteiger partial charge < -0.3 is 25.0 Å². The molecule has 1 aromatic heterocycles. The summed E-state index contributed by atoms with van der Waals surface area (Å²) in [5.74, 6) is -1.62. The highest BCUT2D eigenvalue weighted by Gasteiger charge is 2.52. The zero-order valence-electron chi connectivity index (χ0n) is 25.1. The normalized spacial score (nSPS) is 27.3. The summed E-state index contributed by atoms with van der Waals surface area (Å²) in [5.41, 5.74) is 1.43. The number of carboxylic acids is 1. The minimum Gasteiger partial charge on any atom is -0.481 e. The lowest BCUT2D eigenvalue weighted by Crippen LogP contribution is -2.60. The first-order valence-corrected chi connectivity index (χ1v) is 15.9. The van der Waals surface area contributed by atoms with Crippen LogP contribution in [-0.2, 0) is 14.3 Å². The molecule has 2 saturated heterocycles. The number of nitrogens with one attached hydrogen (secondary N) is 1. The Morgan fingerprint density at radius 1 is 1.25 bits per heavy atom. The highest BCUT2D eigenvalue weighted by molar-refractivity contribution is 7.11. The summed E-state index contributed by atoms with van der Waals surface area (Å²) in [6.45, 7) is 8.16. The summed E-state index contributed by atoms with van der Waals surface area (Å²) in [5, 5.41) is 15.4. The molecule has 1 aliphatic carbocycles. The van der Waals surface area contributed by atoms with Crippen molar-refractivity contribution in [2.45, 2.75) is 57.7 Å². The number of carboxylic acid groups (broad SMARTS) is 1. The number of fused-ring (bicyclic) bond motifs is 1. The third-order valence-corrected chi connectivity index (χ3v) is 10.1. The van der Waals surface area contributed by atoms with Gasteiger partial charge in [-0.3, -0.25) is 14.7 Å². The Hall–Kier alpha value is -3.84. The van der Waals surface area contributed by atoms with Crippen LogP contribution in [0.1, 0.15) is 55.3 Å². The van der Waals surface area contributed by atoms with Gasteiger partial charge in [-0.05, 0) is 57.2 Å². The van der Waals surface area contributed by atoms with Crippen LogP contribution in [-0.4, -0.2) is 99.5 Å². The molecule has 6 rings (SSSR count). The molecule has 11 nitrogen and oxygen atoms in total. The molecule has 44 heavy (non-hydrogen) atoms. The van der Waals surface area contributed by atoms with Gasteiger partial charge >= 0.3 is 18.0 Å². The average Bonchev–Trinajstić information content (AvgIpc) is 3.74. The quantitative estimate of drug-likeness (QED) is 0.427. The van der Waals surface area contributed by atoms with E-state index in [9.17, 15) is 23.9 Å². The van der Waals surface area contributed by atoms with Crippen molar-refractivity contribution in [3.05, 3.63) is 63.0 Å². The minimum absolute atomic E-state index is 0.0368. The summed E-state index contributed by atoms with van der Waals surface area (Å²) in [7, 11) is 0. The van der Waals surface area contributed by atoms with Crippen molar-refractivity contribution in [1.29, 1.82) is 0 Å². The number of urea groups is 1. The van der Waals surface area contributed by atoms with Crippen LogP contribution in [0, 0.1) is 18.7 Å². The number of thiazole rings is 1. The Bertz CT molecular complexity index is 1530. The number of rotatable bonds is 8. The molecule has 4 unspecified atom stereocenters. The number of ether oxygens (including phenoxy) is 1. The number of halogens is 1. The molecule has 4 atom stereocenters. The molecule has 234 valence electrons. The van der Waals surface area contributed by atoms with Crippen molar-refractivity contribution in [2.75, 3.05) is 39.3 Å². The SMILES string of the molecule is CCOC(=O)C1=C(CN2CCN3C(=O)N(C4CCC(C(=O)O)C4)CC3(C)C2)NC(c2nccs2)=NC1c1cccc(F)c1C. The number of aromatic nitrogens is 1. The van der Waals surface area contributed by atoms with Crippen molar-refractivity contribution in [3.63, 3.8) is 0 Å². The van der Waals surface area contributed by atoms with Crippen LogP contribution < -0.4 is 5.32 Å². The first kappa shape index (κ1) is 30.2. The minimum atomic E-state index is -0.801. The fourth-order valence-electron chi connectivity index (χ4n) is 7.08. The summed E-state index contributed by atoms with van der Waals surface area (Å²) in [6, 6.07) is 3.87. The lowest BCUT2D eigenvalue weighted by molar-refractivity contribution is -0.141. The lowest BCUT2D eigenvalue weighted by Gasteiger charge is -2.44. The second kappa shape index (κ2) is 11.9. The molecule has 1 aromatic carbocycles. The number of aliphatic imine (C=N–C) groups is 1. The number of esters is 1. The Morgan fingerprint density at radius 2 is 2.07 bits per heavy atom. The summed E-state index contributed by atoms with van der Waals surface area (Å²) in [4.78, 5) is 53.9. The van der Waals surface area contributed by atoms with E-state index in [-0.39, 0.29) is 24.5 Å². The molecule has 2 amide bonds. The van der Waals surface area contributed by atoms with Crippen LogP contribution in [0.4, 0.5) is 9.18 Å². The number of benzene rings is 1. The number of carbonyl (C=O) groups excluding carboxylic acids is 2. The van der Waals surface area contributed by atoms with E-state index in [4.69, 9.17) is 9.73 Å². The van der Waals surface area contributed by atoms with Crippen molar-refractivity contribution in [2.24, 2.45) is 10.9 Å². The van der Waals surface area contributed by atoms with Crippen molar-refractivity contribution >= 4 is 35.1 Å². The standard InChI is InChI=1S/C31H37FN6O5S/c1-4-43-29(41)24-23(34-26(27-33-10-13-44-27)35-25(24)21-6-5-7-22(32)18(21)2)15-36-11-12-38-30(42)37(17-31(38,3)16-36)20-9-8-19(14-20)28(39)40/h5-7,10,13,19-20,25H,4,8-9,11-12,14-17H2,1-3H3,(H,34,35)(H,39,40). The van der Waals surface area contributed by atoms with Gasteiger partial charge in [-0.25, -0.2) is 19.0 Å². The first-order chi connectivity index (χ1) is 21.1. The molecule has 3 aliphatic heterocycles. The molecule has 0 spiro atoms. The number of amides is 2. The van der Waals surface area contributed by atoms with E-state index in [1.165, 1.54) is 17.4 Å². The largest absolute Gasteiger partial charge is 0.481 e. The molecule has 1 saturated carbocycles. The van der Waals surface area contributed by atoms with Gasteiger partial charge in [0.2, 0.25) is 0 Å². The number of amidine groups is 1. The van der Waals surface area contributed by atoms with Crippen LogP contribution in [0.3, 0.4) is 0 Å². The number of piperazine rings is 1. The number of aliphatic carboxylic acids is 1. The van der Waals surface area contributed by atoms with Crippen LogP contribution in [0.25, 0.3) is 0 Å². The molecule has 0 radical (unpaired) electrons. The van der Waals surface area contributed by atoms with E-state index >= 15 is 0 Å². The van der Waals surface area contributed by atoms with Gasteiger partial charge in [-0.15, -0.1) is 11.3 Å². The summed E-state index contributed by atoms with van der Waals surface area (Å²) >= 11 is 1.41. The smallest absolute Gasteiger partial charge is 0.338 e. The topological polar surface area (TPSA) is 128 Å².